The van der Waals surface area contributed by atoms with E-state index in [-0.39, 0.29) is 24.5 Å². The third kappa shape index (κ3) is 4.49. The van der Waals surface area contributed by atoms with E-state index in [2.05, 4.69) is 5.32 Å². The van der Waals surface area contributed by atoms with Crippen LogP contribution in [-0.2, 0) is 14.3 Å². The highest BCUT2D eigenvalue weighted by molar-refractivity contribution is 5.84. The largest absolute Gasteiger partial charge is 0.465 e. The number of carbonyl (C=O) groups is 2. The fourth-order valence-electron chi connectivity index (χ4n) is 2.62. The molecule has 2 fully saturated rings. The van der Waals surface area contributed by atoms with Crippen molar-refractivity contribution in [1.82, 2.24) is 10.2 Å². The van der Waals surface area contributed by atoms with Gasteiger partial charge in [-0.2, -0.15) is 0 Å². The first-order valence-corrected chi connectivity index (χ1v) is 7.39. The van der Waals surface area contributed by atoms with E-state index in [1.54, 1.807) is 11.8 Å². The van der Waals surface area contributed by atoms with Crippen LogP contribution in [0.15, 0.2) is 0 Å². The first-order chi connectivity index (χ1) is 9.20. The molecule has 0 bridgehead atoms. The van der Waals surface area contributed by atoms with Crippen LogP contribution < -0.4 is 5.32 Å². The Morgan fingerprint density at radius 1 is 1.21 bits per heavy atom. The molecule has 0 atom stereocenters. The van der Waals surface area contributed by atoms with Gasteiger partial charge in [0.2, 0.25) is 5.91 Å². The molecule has 2 aliphatic rings. The maximum Gasteiger partial charge on any atom is 0.325 e. The summed E-state index contributed by atoms with van der Waals surface area (Å²) in [5, 5.41) is 3.31. The molecule has 2 rings (SSSR count). The van der Waals surface area contributed by atoms with Crippen LogP contribution in [0.1, 0.15) is 45.4 Å². The fourth-order valence-corrected chi connectivity index (χ4v) is 2.62. The second-order valence-corrected chi connectivity index (χ2v) is 5.42. The van der Waals surface area contributed by atoms with Gasteiger partial charge in [-0.1, -0.05) is 12.8 Å². The molecule has 0 radical (unpaired) electrons. The van der Waals surface area contributed by atoms with Crippen LogP contribution in [0.2, 0.25) is 0 Å². The second kappa shape index (κ2) is 6.89. The van der Waals surface area contributed by atoms with Gasteiger partial charge >= 0.3 is 5.97 Å². The maximum atomic E-state index is 12.2. The summed E-state index contributed by atoms with van der Waals surface area (Å²) < 4.78 is 4.93. The molecule has 0 aromatic rings. The molecule has 0 aromatic carbocycles. The average Bonchev–Trinajstić information content (AvgIpc) is 3.09. The van der Waals surface area contributed by atoms with Crippen molar-refractivity contribution in [2.75, 3.05) is 19.7 Å². The van der Waals surface area contributed by atoms with Gasteiger partial charge in [0.1, 0.15) is 6.54 Å². The molecule has 5 nitrogen and oxygen atoms in total. The van der Waals surface area contributed by atoms with Crippen molar-refractivity contribution in [2.45, 2.75) is 57.5 Å². The van der Waals surface area contributed by atoms with Crippen molar-refractivity contribution >= 4 is 11.9 Å². The number of carbonyl (C=O) groups excluding carboxylic acids is 2. The number of rotatable bonds is 7. The Labute approximate surface area is 114 Å². The molecule has 0 aromatic heterocycles. The Kier molecular flexibility index (Phi) is 5.19. The van der Waals surface area contributed by atoms with E-state index in [0.29, 0.717) is 19.2 Å². The molecule has 1 N–H and O–H groups in total. The summed E-state index contributed by atoms with van der Waals surface area (Å²) in [5.74, 6) is -0.272. The van der Waals surface area contributed by atoms with Gasteiger partial charge < -0.3 is 15.0 Å². The van der Waals surface area contributed by atoms with Crippen LogP contribution in [0.3, 0.4) is 0 Å². The van der Waals surface area contributed by atoms with E-state index < -0.39 is 0 Å². The molecule has 108 valence electrons. The van der Waals surface area contributed by atoms with Crippen molar-refractivity contribution in [1.29, 1.82) is 0 Å². The quantitative estimate of drug-likeness (QED) is 0.702. The zero-order valence-corrected chi connectivity index (χ0v) is 11.7. The summed E-state index contributed by atoms with van der Waals surface area (Å²) >= 11 is 0. The lowest BCUT2D eigenvalue weighted by Crippen LogP contribution is -2.44. The number of amides is 1. The van der Waals surface area contributed by atoms with Gasteiger partial charge in [0, 0.05) is 12.1 Å². The SMILES string of the molecule is CCOC(=O)CN(C(=O)CNC1CCCC1)C1CC1. The fraction of sp³-hybridized carbons (Fsp3) is 0.857. The Bertz CT molecular complexity index is 323. The van der Waals surface area contributed by atoms with Crippen molar-refractivity contribution < 1.29 is 14.3 Å². The van der Waals surface area contributed by atoms with Gasteiger partial charge in [-0.15, -0.1) is 0 Å². The minimum atomic E-state index is -0.302. The predicted molar refractivity (Wildman–Crippen MR) is 71.6 cm³/mol. The molecule has 2 aliphatic carbocycles. The van der Waals surface area contributed by atoms with E-state index in [0.717, 1.165) is 25.7 Å². The summed E-state index contributed by atoms with van der Waals surface area (Å²) in [6, 6.07) is 0.731. The Morgan fingerprint density at radius 3 is 2.47 bits per heavy atom. The van der Waals surface area contributed by atoms with Gasteiger partial charge in [0.15, 0.2) is 0 Å². The highest BCUT2D eigenvalue weighted by Gasteiger charge is 2.34. The molecule has 5 heteroatoms. The molecule has 0 spiro atoms. The zero-order valence-electron chi connectivity index (χ0n) is 11.7. The molecule has 0 unspecified atom stereocenters. The average molecular weight is 268 g/mol. The molecule has 0 aliphatic heterocycles. The van der Waals surface area contributed by atoms with Crippen LogP contribution in [0.5, 0.6) is 0 Å². The monoisotopic (exact) mass is 268 g/mol. The first-order valence-electron chi connectivity index (χ1n) is 7.39. The lowest BCUT2D eigenvalue weighted by atomic mass is 10.2. The van der Waals surface area contributed by atoms with Crippen molar-refractivity contribution in [3.8, 4) is 0 Å². The molecular formula is C14H24N2O3. The van der Waals surface area contributed by atoms with Crippen LogP contribution in [0.25, 0.3) is 0 Å². The highest BCUT2D eigenvalue weighted by atomic mass is 16.5. The highest BCUT2D eigenvalue weighted by Crippen LogP contribution is 2.26. The Balaban J connectivity index is 1.77. The third-order valence-electron chi connectivity index (χ3n) is 3.81. The van der Waals surface area contributed by atoms with E-state index >= 15 is 0 Å². The predicted octanol–water partition coefficient (Wildman–Crippen LogP) is 1.07. The van der Waals surface area contributed by atoms with Gasteiger partial charge in [0.05, 0.1) is 13.2 Å². The van der Waals surface area contributed by atoms with Gasteiger partial charge in [0.25, 0.3) is 0 Å². The van der Waals surface area contributed by atoms with Crippen LogP contribution in [-0.4, -0.2) is 48.6 Å². The van der Waals surface area contributed by atoms with E-state index in [4.69, 9.17) is 4.74 Å². The van der Waals surface area contributed by atoms with Gasteiger partial charge in [-0.25, -0.2) is 0 Å². The van der Waals surface area contributed by atoms with Gasteiger partial charge in [-0.3, -0.25) is 9.59 Å². The molecular weight excluding hydrogens is 244 g/mol. The normalized spacial score (nSPS) is 19.4. The minimum Gasteiger partial charge on any atom is -0.465 e. The summed E-state index contributed by atoms with van der Waals surface area (Å²) in [4.78, 5) is 25.4. The third-order valence-corrected chi connectivity index (χ3v) is 3.81. The lowest BCUT2D eigenvalue weighted by molar-refractivity contribution is -0.149. The molecule has 0 heterocycles. The topological polar surface area (TPSA) is 58.6 Å². The molecule has 2 saturated carbocycles. The summed E-state index contributed by atoms with van der Waals surface area (Å²) in [6.45, 7) is 2.60. The smallest absolute Gasteiger partial charge is 0.325 e. The standard InChI is InChI=1S/C14H24N2O3/c1-2-19-14(18)10-16(12-7-8-12)13(17)9-15-11-5-3-4-6-11/h11-12,15H,2-10H2,1H3. The molecule has 19 heavy (non-hydrogen) atoms. The van der Waals surface area contributed by atoms with Crippen LogP contribution >= 0.6 is 0 Å². The summed E-state index contributed by atoms with van der Waals surface area (Å²) in [7, 11) is 0. The first kappa shape index (κ1) is 14.3. The number of hydrogen-bond acceptors (Lipinski definition) is 4. The van der Waals surface area contributed by atoms with Crippen LogP contribution in [0.4, 0.5) is 0 Å². The number of nitrogens with zero attached hydrogens (tertiary/aromatic N) is 1. The van der Waals surface area contributed by atoms with E-state index in [1.807, 2.05) is 0 Å². The maximum absolute atomic E-state index is 12.2. The number of nitrogens with one attached hydrogen (secondary N) is 1. The zero-order chi connectivity index (χ0) is 13.7. The molecule has 0 saturated heterocycles. The second-order valence-electron chi connectivity index (χ2n) is 5.42. The number of esters is 1. The Hall–Kier alpha value is -1.10. The number of ether oxygens (including phenoxy) is 1. The summed E-state index contributed by atoms with van der Waals surface area (Å²) in [6.07, 6.45) is 6.84. The van der Waals surface area contributed by atoms with Gasteiger partial charge in [-0.05, 0) is 32.6 Å². The summed E-state index contributed by atoms with van der Waals surface area (Å²) in [5.41, 5.74) is 0. The minimum absolute atomic E-state index is 0.0300. The number of hydrogen-bond donors (Lipinski definition) is 1. The van der Waals surface area contributed by atoms with E-state index in [1.165, 1.54) is 12.8 Å². The van der Waals surface area contributed by atoms with Crippen molar-refractivity contribution in [3.05, 3.63) is 0 Å². The van der Waals surface area contributed by atoms with Crippen LogP contribution in [0, 0.1) is 0 Å². The van der Waals surface area contributed by atoms with Crippen molar-refractivity contribution in [3.63, 3.8) is 0 Å². The Morgan fingerprint density at radius 2 is 1.89 bits per heavy atom. The van der Waals surface area contributed by atoms with E-state index in [9.17, 15) is 9.59 Å². The lowest BCUT2D eigenvalue weighted by Gasteiger charge is -2.22. The molecule has 1 amide bonds. The van der Waals surface area contributed by atoms with Crippen molar-refractivity contribution in [2.24, 2.45) is 0 Å².